The lowest BCUT2D eigenvalue weighted by Gasteiger charge is -2.26. The van der Waals surface area contributed by atoms with Crippen LogP contribution < -0.4 is 0 Å². The molecule has 106 valence electrons. The molecule has 1 aromatic carbocycles. The molecule has 0 unspecified atom stereocenters. The van der Waals surface area contributed by atoms with E-state index in [0.29, 0.717) is 5.75 Å². The van der Waals surface area contributed by atoms with Gasteiger partial charge in [-0.3, -0.25) is 4.79 Å². The molecule has 1 aliphatic heterocycles. The number of aromatic nitrogens is 2. The number of fused-ring (bicyclic) bond motifs is 1. The van der Waals surface area contributed by atoms with E-state index in [9.17, 15) is 4.79 Å². The van der Waals surface area contributed by atoms with Gasteiger partial charge in [0.15, 0.2) is 0 Å². The van der Waals surface area contributed by atoms with E-state index in [2.05, 4.69) is 9.97 Å². The van der Waals surface area contributed by atoms with E-state index < -0.39 is 0 Å². The lowest BCUT2D eigenvalue weighted by molar-refractivity contribution is -0.127. The monoisotopic (exact) mass is 307 g/mol. The van der Waals surface area contributed by atoms with Crippen LogP contribution in [0.15, 0.2) is 24.3 Å². The van der Waals surface area contributed by atoms with Crippen molar-refractivity contribution in [2.45, 2.75) is 5.75 Å². The number of thioether (sulfide) groups is 2. The Kier molecular flexibility index (Phi) is 4.52. The minimum atomic E-state index is 0.256. The van der Waals surface area contributed by atoms with Gasteiger partial charge in [0.05, 0.1) is 22.5 Å². The van der Waals surface area contributed by atoms with Crippen LogP contribution >= 0.6 is 23.5 Å². The second kappa shape index (κ2) is 6.54. The summed E-state index contributed by atoms with van der Waals surface area (Å²) in [6.45, 7) is 1.80. The summed E-state index contributed by atoms with van der Waals surface area (Å²) in [6.07, 6.45) is 0. The molecular weight excluding hydrogens is 290 g/mol. The van der Waals surface area contributed by atoms with Gasteiger partial charge in [0.25, 0.3) is 0 Å². The zero-order valence-corrected chi connectivity index (χ0v) is 12.8. The molecule has 1 saturated heterocycles. The van der Waals surface area contributed by atoms with Crippen molar-refractivity contribution in [3.05, 3.63) is 30.1 Å². The summed E-state index contributed by atoms with van der Waals surface area (Å²) in [4.78, 5) is 21.8. The molecule has 4 nitrogen and oxygen atoms in total. The van der Waals surface area contributed by atoms with Gasteiger partial charge in [-0.25, -0.2) is 4.98 Å². The third-order valence-electron chi connectivity index (χ3n) is 3.27. The standard InChI is InChI=1S/C14H17N3OS2/c18-14(17-5-7-19-8-6-17)10-20-9-13-15-11-3-1-2-4-12(11)16-13/h1-4H,5-10H2,(H,15,16). The van der Waals surface area contributed by atoms with Crippen LogP contribution in [0.4, 0.5) is 0 Å². The molecule has 0 radical (unpaired) electrons. The van der Waals surface area contributed by atoms with Crippen molar-refractivity contribution in [1.82, 2.24) is 14.9 Å². The molecule has 6 heteroatoms. The quantitative estimate of drug-likeness (QED) is 0.942. The molecular formula is C14H17N3OS2. The molecule has 1 amide bonds. The minimum absolute atomic E-state index is 0.256. The minimum Gasteiger partial charge on any atom is -0.341 e. The van der Waals surface area contributed by atoms with E-state index >= 15 is 0 Å². The Bertz CT molecular complexity index is 560. The Hall–Kier alpha value is -1.14. The highest BCUT2D eigenvalue weighted by atomic mass is 32.2. The van der Waals surface area contributed by atoms with Crippen LogP contribution in [-0.2, 0) is 10.5 Å². The fourth-order valence-electron chi connectivity index (χ4n) is 2.21. The van der Waals surface area contributed by atoms with Gasteiger partial charge in [0, 0.05) is 24.6 Å². The van der Waals surface area contributed by atoms with Crippen LogP contribution in [0.5, 0.6) is 0 Å². The largest absolute Gasteiger partial charge is 0.341 e. The molecule has 0 spiro atoms. The molecule has 1 fully saturated rings. The number of benzene rings is 1. The van der Waals surface area contributed by atoms with Gasteiger partial charge in [0.1, 0.15) is 5.82 Å². The number of imidazole rings is 1. The van der Waals surface area contributed by atoms with Gasteiger partial charge < -0.3 is 9.88 Å². The number of para-hydroxylation sites is 2. The zero-order valence-electron chi connectivity index (χ0n) is 11.2. The summed E-state index contributed by atoms with van der Waals surface area (Å²) in [5.41, 5.74) is 2.05. The first-order valence-corrected chi connectivity index (χ1v) is 9.01. The van der Waals surface area contributed by atoms with Crippen LogP contribution in [-0.4, -0.2) is 51.1 Å². The van der Waals surface area contributed by atoms with Gasteiger partial charge in [0.2, 0.25) is 5.91 Å². The molecule has 3 rings (SSSR count). The van der Waals surface area contributed by atoms with Crippen LogP contribution in [0.1, 0.15) is 5.82 Å². The number of nitrogens with one attached hydrogen (secondary N) is 1. The normalized spacial score (nSPS) is 15.7. The Morgan fingerprint density at radius 3 is 2.95 bits per heavy atom. The van der Waals surface area contributed by atoms with Crippen LogP contribution in [0.2, 0.25) is 0 Å². The highest BCUT2D eigenvalue weighted by Crippen LogP contribution is 2.16. The lowest BCUT2D eigenvalue weighted by atomic mass is 10.3. The molecule has 2 heterocycles. The van der Waals surface area contributed by atoms with E-state index in [1.165, 1.54) is 0 Å². The maximum atomic E-state index is 12.0. The Morgan fingerprint density at radius 1 is 1.35 bits per heavy atom. The van der Waals surface area contributed by atoms with Gasteiger partial charge in [-0.1, -0.05) is 12.1 Å². The summed E-state index contributed by atoms with van der Waals surface area (Å²) in [7, 11) is 0. The van der Waals surface area contributed by atoms with Crippen molar-refractivity contribution >= 4 is 40.5 Å². The Balaban J connectivity index is 1.50. The first-order valence-electron chi connectivity index (χ1n) is 6.70. The zero-order chi connectivity index (χ0) is 13.8. The molecule has 2 aromatic rings. The number of hydrogen-bond donors (Lipinski definition) is 1. The van der Waals surface area contributed by atoms with E-state index in [0.717, 1.165) is 47.2 Å². The summed E-state index contributed by atoms with van der Waals surface area (Å²) in [6, 6.07) is 8.00. The van der Waals surface area contributed by atoms with Crippen LogP contribution in [0.3, 0.4) is 0 Å². The van der Waals surface area contributed by atoms with Crippen molar-refractivity contribution in [2.24, 2.45) is 0 Å². The predicted molar refractivity (Wildman–Crippen MR) is 86.2 cm³/mol. The predicted octanol–water partition coefficient (Wildman–Crippen LogP) is 2.37. The molecule has 1 aromatic heterocycles. The summed E-state index contributed by atoms with van der Waals surface area (Å²) >= 11 is 3.56. The number of nitrogens with zero attached hydrogens (tertiary/aromatic N) is 2. The summed E-state index contributed by atoms with van der Waals surface area (Å²) < 4.78 is 0. The number of rotatable bonds is 4. The number of carbonyl (C=O) groups is 1. The highest BCUT2D eigenvalue weighted by Gasteiger charge is 2.16. The van der Waals surface area contributed by atoms with Crippen molar-refractivity contribution < 1.29 is 4.79 Å². The smallest absolute Gasteiger partial charge is 0.232 e. The first-order chi connectivity index (χ1) is 9.83. The van der Waals surface area contributed by atoms with Gasteiger partial charge >= 0.3 is 0 Å². The maximum Gasteiger partial charge on any atom is 0.232 e. The van der Waals surface area contributed by atoms with Gasteiger partial charge in [-0.15, -0.1) is 11.8 Å². The number of hydrogen-bond acceptors (Lipinski definition) is 4. The highest BCUT2D eigenvalue weighted by molar-refractivity contribution is 7.99. The lowest BCUT2D eigenvalue weighted by Crippen LogP contribution is -2.38. The molecule has 0 atom stereocenters. The SMILES string of the molecule is O=C(CSCc1nc2ccccc2[nH]1)N1CCSCC1. The number of H-pyrrole nitrogens is 1. The van der Waals surface area contributed by atoms with E-state index in [1.807, 2.05) is 40.9 Å². The number of aromatic amines is 1. The first kappa shape index (κ1) is 13.8. The Labute approximate surface area is 126 Å². The topological polar surface area (TPSA) is 49.0 Å². The van der Waals surface area contributed by atoms with E-state index in [4.69, 9.17) is 0 Å². The Morgan fingerprint density at radius 2 is 2.15 bits per heavy atom. The van der Waals surface area contributed by atoms with Gasteiger partial charge in [-0.05, 0) is 12.1 Å². The second-order valence-corrected chi connectivity index (χ2v) is 6.90. The molecule has 1 N–H and O–H groups in total. The van der Waals surface area contributed by atoms with E-state index in [1.54, 1.807) is 11.8 Å². The molecule has 0 saturated carbocycles. The van der Waals surface area contributed by atoms with Crippen LogP contribution in [0.25, 0.3) is 11.0 Å². The van der Waals surface area contributed by atoms with Crippen molar-refractivity contribution in [2.75, 3.05) is 30.3 Å². The third-order valence-corrected chi connectivity index (χ3v) is 5.14. The van der Waals surface area contributed by atoms with Crippen LogP contribution in [0, 0.1) is 0 Å². The second-order valence-electron chi connectivity index (χ2n) is 4.69. The molecule has 20 heavy (non-hydrogen) atoms. The summed E-state index contributed by atoms with van der Waals surface area (Å²) in [5.74, 6) is 4.63. The van der Waals surface area contributed by atoms with Crippen molar-refractivity contribution in [3.8, 4) is 0 Å². The maximum absolute atomic E-state index is 12.0. The number of amides is 1. The van der Waals surface area contributed by atoms with Crippen molar-refractivity contribution in [1.29, 1.82) is 0 Å². The fourth-order valence-corrected chi connectivity index (χ4v) is 3.91. The molecule has 0 aliphatic carbocycles. The number of carbonyl (C=O) groups excluding carboxylic acids is 1. The fraction of sp³-hybridized carbons (Fsp3) is 0.429. The molecule has 0 bridgehead atoms. The average molecular weight is 307 g/mol. The third kappa shape index (κ3) is 3.30. The average Bonchev–Trinajstić information content (AvgIpc) is 2.90. The van der Waals surface area contributed by atoms with E-state index in [-0.39, 0.29) is 5.91 Å². The summed E-state index contributed by atoms with van der Waals surface area (Å²) in [5, 5.41) is 0. The van der Waals surface area contributed by atoms with Gasteiger partial charge in [-0.2, -0.15) is 11.8 Å². The molecule has 1 aliphatic rings. The van der Waals surface area contributed by atoms with Crippen molar-refractivity contribution in [3.63, 3.8) is 0 Å².